The van der Waals surface area contributed by atoms with E-state index in [-0.39, 0.29) is 6.04 Å². The second-order valence-corrected chi connectivity index (χ2v) is 7.30. The molecule has 1 aliphatic rings. The lowest BCUT2D eigenvalue weighted by Gasteiger charge is -2.37. The molecule has 1 aliphatic carbocycles. The van der Waals surface area contributed by atoms with Crippen molar-refractivity contribution >= 4 is 22.5 Å². The summed E-state index contributed by atoms with van der Waals surface area (Å²) in [6, 6.07) is 32.5. The van der Waals surface area contributed by atoms with E-state index in [4.69, 9.17) is 16.0 Å². The minimum Gasteiger partial charge on any atom is -0.322 e. The molecule has 0 saturated carbocycles. The van der Waals surface area contributed by atoms with Crippen molar-refractivity contribution in [1.29, 1.82) is 0 Å². The molecular formula is C26H21N3. The summed E-state index contributed by atoms with van der Waals surface area (Å²) in [5.41, 5.74) is 10.00. The third kappa shape index (κ3) is 2.87. The smallest absolute Gasteiger partial charge is 0.151 e. The highest BCUT2D eigenvalue weighted by molar-refractivity contribution is 5.92. The van der Waals surface area contributed by atoms with E-state index in [9.17, 15) is 0 Å². The molecule has 5 rings (SSSR count). The molecule has 0 amide bonds. The largest absolute Gasteiger partial charge is 0.322 e. The van der Waals surface area contributed by atoms with Crippen LogP contribution in [0.15, 0.2) is 113 Å². The molecule has 3 heteroatoms. The molecule has 29 heavy (non-hydrogen) atoms. The average molecular weight is 375 g/mol. The van der Waals surface area contributed by atoms with Gasteiger partial charge in [-0.05, 0) is 28.1 Å². The SMILES string of the molecule is NC1C=Cc2ccccc2C1(N=Nc1cccc2ccccc12)c1ccccc1. The van der Waals surface area contributed by atoms with Crippen LogP contribution in [0.4, 0.5) is 5.69 Å². The molecule has 0 radical (unpaired) electrons. The first-order valence-corrected chi connectivity index (χ1v) is 9.78. The summed E-state index contributed by atoms with van der Waals surface area (Å²) in [6.45, 7) is 0. The first-order valence-electron chi connectivity index (χ1n) is 9.78. The van der Waals surface area contributed by atoms with E-state index in [1.54, 1.807) is 0 Å². The van der Waals surface area contributed by atoms with Gasteiger partial charge in [0, 0.05) is 5.39 Å². The molecule has 2 N–H and O–H groups in total. The van der Waals surface area contributed by atoms with Crippen molar-refractivity contribution in [3.8, 4) is 0 Å². The number of rotatable bonds is 3. The predicted molar refractivity (Wildman–Crippen MR) is 119 cm³/mol. The number of hydrogen-bond donors (Lipinski definition) is 1. The highest BCUT2D eigenvalue weighted by atomic mass is 15.2. The summed E-state index contributed by atoms with van der Waals surface area (Å²) in [5.74, 6) is 0. The molecule has 4 aromatic rings. The van der Waals surface area contributed by atoms with Crippen LogP contribution < -0.4 is 5.73 Å². The Morgan fingerprint density at radius 3 is 2.34 bits per heavy atom. The van der Waals surface area contributed by atoms with Crippen LogP contribution in [0.5, 0.6) is 0 Å². The van der Waals surface area contributed by atoms with Crippen molar-refractivity contribution in [2.75, 3.05) is 0 Å². The molecule has 4 aromatic carbocycles. The van der Waals surface area contributed by atoms with Crippen LogP contribution in [0.1, 0.15) is 16.7 Å². The highest BCUT2D eigenvalue weighted by Gasteiger charge is 2.43. The van der Waals surface area contributed by atoms with Crippen LogP contribution in [0.2, 0.25) is 0 Å². The summed E-state index contributed by atoms with van der Waals surface area (Å²) in [6.07, 6.45) is 4.10. The van der Waals surface area contributed by atoms with Gasteiger partial charge in [-0.2, -0.15) is 10.2 Å². The fourth-order valence-corrected chi connectivity index (χ4v) is 4.16. The van der Waals surface area contributed by atoms with E-state index < -0.39 is 5.54 Å². The minimum atomic E-state index is -0.774. The molecule has 0 heterocycles. The number of nitrogens with two attached hydrogens (primary N) is 1. The van der Waals surface area contributed by atoms with E-state index in [1.807, 2.05) is 60.7 Å². The molecule has 3 nitrogen and oxygen atoms in total. The Morgan fingerprint density at radius 2 is 1.45 bits per heavy atom. The minimum absolute atomic E-state index is 0.321. The lowest BCUT2D eigenvalue weighted by molar-refractivity contribution is 0.456. The van der Waals surface area contributed by atoms with Crippen LogP contribution in [0.3, 0.4) is 0 Å². The molecule has 0 bridgehead atoms. The van der Waals surface area contributed by atoms with Crippen molar-refractivity contribution in [2.45, 2.75) is 11.6 Å². The predicted octanol–water partition coefficient (Wildman–Crippen LogP) is 6.22. The van der Waals surface area contributed by atoms with Gasteiger partial charge in [-0.1, -0.05) is 103 Å². The summed E-state index contributed by atoms with van der Waals surface area (Å²) >= 11 is 0. The number of fused-ring (bicyclic) bond motifs is 2. The van der Waals surface area contributed by atoms with Crippen LogP contribution in [-0.4, -0.2) is 6.04 Å². The summed E-state index contributed by atoms with van der Waals surface area (Å²) in [5, 5.41) is 12.0. The first kappa shape index (κ1) is 17.5. The average Bonchev–Trinajstić information content (AvgIpc) is 2.79. The van der Waals surface area contributed by atoms with Gasteiger partial charge in [-0.15, -0.1) is 0 Å². The number of benzene rings is 4. The van der Waals surface area contributed by atoms with Crippen molar-refractivity contribution in [3.63, 3.8) is 0 Å². The summed E-state index contributed by atoms with van der Waals surface area (Å²) < 4.78 is 0. The third-order valence-corrected chi connectivity index (χ3v) is 5.63. The summed E-state index contributed by atoms with van der Waals surface area (Å²) in [7, 11) is 0. The van der Waals surface area contributed by atoms with Gasteiger partial charge in [0.1, 0.15) is 0 Å². The van der Waals surface area contributed by atoms with Gasteiger partial charge >= 0.3 is 0 Å². The third-order valence-electron chi connectivity index (χ3n) is 5.63. The second-order valence-electron chi connectivity index (χ2n) is 7.30. The summed E-state index contributed by atoms with van der Waals surface area (Å²) in [4.78, 5) is 0. The standard InChI is InChI=1S/C26H21N3/c27-25-18-17-20-10-5-7-15-23(20)26(25,21-12-2-1-3-13-21)29-28-24-16-8-11-19-9-4-6-14-22(19)24/h1-18,25H,27H2. The lowest BCUT2D eigenvalue weighted by Crippen LogP contribution is -2.45. The zero-order valence-electron chi connectivity index (χ0n) is 15.9. The van der Waals surface area contributed by atoms with Crippen LogP contribution in [-0.2, 0) is 5.54 Å². The molecule has 0 fully saturated rings. The van der Waals surface area contributed by atoms with E-state index in [1.165, 1.54) is 0 Å². The normalized spacial score (nSPS) is 20.8. The second kappa shape index (κ2) is 7.12. The topological polar surface area (TPSA) is 50.7 Å². The van der Waals surface area contributed by atoms with E-state index in [0.717, 1.165) is 33.2 Å². The Kier molecular flexibility index (Phi) is 4.30. The maximum absolute atomic E-state index is 6.70. The Bertz CT molecular complexity index is 1220. The van der Waals surface area contributed by atoms with Crippen molar-refractivity contribution < 1.29 is 0 Å². The fourth-order valence-electron chi connectivity index (χ4n) is 4.16. The quantitative estimate of drug-likeness (QED) is 0.425. The maximum Gasteiger partial charge on any atom is 0.151 e. The van der Waals surface area contributed by atoms with Crippen molar-refractivity contribution in [3.05, 3.63) is 120 Å². The zero-order chi connectivity index (χ0) is 19.7. The molecule has 2 atom stereocenters. The van der Waals surface area contributed by atoms with Crippen molar-refractivity contribution in [1.82, 2.24) is 0 Å². The first-order chi connectivity index (χ1) is 14.3. The Morgan fingerprint density at radius 1 is 0.724 bits per heavy atom. The van der Waals surface area contributed by atoms with Gasteiger partial charge in [0.05, 0.1) is 11.7 Å². The molecular weight excluding hydrogens is 354 g/mol. The number of nitrogens with zero attached hydrogens (tertiary/aromatic N) is 2. The van der Waals surface area contributed by atoms with E-state index in [0.29, 0.717) is 0 Å². The van der Waals surface area contributed by atoms with Crippen LogP contribution >= 0.6 is 0 Å². The van der Waals surface area contributed by atoms with Gasteiger partial charge in [0.15, 0.2) is 5.54 Å². The van der Waals surface area contributed by atoms with Crippen LogP contribution in [0.25, 0.3) is 16.8 Å². The Balaban J connectivity index is 1.74. The lowest BCUT2D eigenvalue weighted by atomic mass is 9.73. The zero-order valence-corrected chi connectivity index (χ0v) is 15.9. The molecule has 0 saturated heterocycles. The van der Waals surface area contributed by atoms with Gasteiger partial charge in [0.2, 0.25) is 0 Å². The van der Waals surface area contributed by atoms with Gasteiger partial charge in [0.25, 0.3) is 0 Å². The maximum atomic E-state index is 6.70. The van der Waals surface area contributed by atoms with Gasteiger partial charge in [-0.25, -0.2) is 0 Å². The molecule has 0 aliphatic heterocycles. The monoisotopic (exact) mass is 375 g/mol. The Labute approximate surface area is 170 Å². The Hall–Kier alpha value is -3.56. The molecule has 2 unspecified atom stereocenters. The molecule has 140 valence electrons. The number of hydrogen-bond acceptors (Lipinski definition) is 3. The van der Waals surface area contributed by atoms with Crippen molar-refractivity contribution in [2.24, 2.45) is 16.0 Å². The fraction of sp³-hybridized carbons (Fsp3) is 0.0769. The van der Waals surface area contributed by atoms with E-state index >= 15 is 0 Å². The van der Waals surface area contributed by atoms with E-state index in [2.05, 4.69) is 48.5 Å². The highest BCUT2D eigenvalue weighted by Crippen LogP contribution is 2.43. The van der Waals surface area contributed by atoms with Gasteiger partial charge < -0.3 is 5.73 Å². The van der Waals surface area contributed by atoms with Gasteiger partial charge in [-0.3, -0.25) is 0 Å². The number of azo groups is 1. The van der Waals surface area contributed by atoms with Crippen LogP contribution in [0, 0.1) is 0 Å². The molecule has 0 spiro atoms. The molecule has 0 aromatic heterocycles.